The van der Waals surface area contributed by atoms with Crippen LogP contribution in [0.1, 0.15) is 24.2 Å². The van der Waals surface area contributed by atoms with Gasteiger partial charge < -0.3 is 19.5 Å². The lowest BCUT2D eigenvalue weighted by molar-refractivity contribution is -0.144. The minimum atomic E-state index is -0.698. The maximum Gasteiger partial charge on any atom is 0.328 e. The minimum absolute atomic E-state index is 0.281. The number of esters is 1. The van der Waals surface area contributed by atoms with Gasteiger partial charge in [0.1, 0.15) is 19.3 Å². The van der Waals surface area contributed by atoms with Crippen LogP contribution in [0.4, 0.5) is 0 Å². The van der Waals surface area contributed by atoms with E-state index in [-0.39, 0.29) is 12.5 Å². The molecular formula is C14H17NO5. The third-order valence-electron chi connectivity index (χ3n) is 2.79. The number of hydrogen-bond acceptors (Lipinski definition) is 5. The molecular weight excluding hydrogens is 262 g/mol. The smallest absolute Gasteiger partial charge is 0.328 e. The molecule has 1 amide bonds. The van der Waals surface area contributed by atoms with Crippen molar-refractivity contribution in [3.63, 3.8) is 0 Å². The summed E-state index contributed by atoms with van der Waals surface area (Å²) in [5.41, 5.74) is 0.408. The van der Waals surface area contributed by atoms with Crippen LogP contribution >= 0.6 is 0 Å². The summed E-state index contributed by atoms with van der Waals surface area (Å²) in [7, 11) is 0. The molecule has 1 aliphatic heterocycles. The first-order valence-corrected chi connectivity index (χ1v) is 6.49. The molecule has 1 aromatic rings. The van der Waals surface area contributed by atoms with E-state index in [0.717, 1.165) is 0 Å². The third kappa shape index (κ3) is 3.20. The van der Waals surface area contributed by atoms with Gasteiger partial charge in [-0.05, 0) is 32.0 Å². The van der Waals surface area contributed by atoms with Crippen LogP contribution in [0.2, 0.25) is 0 Å². The quantitative estimate of drug-likeness (QED) is 0.837. The Balaban J connectivity index is 2.04. The number of rotatable bonds is 4. The minimum Gasteiger partial charge on any atom is -0.486 e. The summed E-state index contributed by atoms with van der Waals surface area (Å²) in [6, 6.07) is 4.21. The summed E-state index contributed by atoms with van der Waals surface area (Å²) in [5.74, 6) is 0.333. The van der Waals surface area contributed by atoms with Crippen molar-refractivity contribution in [2.24, 2.45) is 0 Å². The third-order valence-corrected chi connectivity index (χ3v) is 2.79. The Hall–Kier alpha value is -2.24. The van der Waals surface area contributed by atoms with Gasteiger partial charge in [-0.1, -0.05) is 0 Å². The highest BCUT2D eigenvalue weighted by molar-refractivity contribution is 5.97. The standard InChI is InChI=1S/C14H17NO5/c1-3-18-14(17)9(2)15-13(16)10-4-5-11-12(8-10)20-7-6-19-11/h4-5,8-9H,3,6-7H2,1-2H3,(H,15,16). The maximum atomic E-state index is 12.0. The van der Waals surface area contributed by atoms with Crippen LogP contribution in [0.15, 0.2) is 18.2 Å². The van der Waals surface area contributed by atoms with Crippen molar-refractivity contribution in [3.8, 4) is 11.5 Å². The number of amides is 1. The largest absolute Gasteiger partial charge is 0.486 e. The number of carbonyl (C=O) groups excluding carboxylic acids is 2. The molecule has 0 fully saturated rings. The van der Waals surface area contributed by atoms with Crippen molar-refractivity contribution in [2.45, 2.75) is 19.9 Å². The van der Waals surface area contributed by atoms with Crippen LogP contribution in [0, 0.1) is 0 Å². The lowest BCUT2D eigenvalue weighted by Crippen LogP contribution is -2.39. The van der Waals surface area contributed by atoms with Gasteiger partial charge in [0.2, 0.25) is 0 Å². The monoisotopic (exact) mass is 279 g/mol. The Bertz CT molecular complexity index is 514. The molecule has 0 radical (unpaired) electrons. The van der Waals surface area contributed by atoms with Crippen molar-refractivity contribution < 1.29 is 23.8 Å². The lowest BCUT2D eigenvalue weighted by atomic mass is 10.1. The molecule has 6 nitrogen and oxygen atoms in total. The van der Waals surface area contributed by atoms with Crippen molar-refractivity contribution >= 4 is 11.9 Å². The average Bonchev–Trinajstić information content (AvgIpc) is 2.46. The zero-order valence-corrected chi connectivity index (χ0v) is 11.5. The first-order valence-electron chi connectivity index (χ1n) is 6.49. The number of benzene rings is 1. The van der Waals surface area contributed by atoms with Crippen LogP contribution in [0.25, 0.3) is 0 Å². The molecule has 1 atom stereocenters. The summed E-state index contributed by atoms with van der Waals surface area (Å²) in [5, 5.41) is 2.58. The molecule has 20 heavy (non-hydrogen) atoms. The van der Waals surface area contributed by atoms with Crippen molar-refractivity contribution in [1.29, 1.82) is 0 Å². The summed E-state index contributed by atoms with van der Waals surface area (Å²) < 4.78 is 15.6. The van der Waals surface area contributed by atoms with Crippen LogP contribution in [-0.4, -0.2) is 37.7 Å². The topological polar surface area (TPSA) is 73.9 Å². The Kier molecular flexibility index (Phi) is 4.45. The Labute approximate surface area is 117 Å². The lowest BCUT2D eigenvalue weighted by Gasteiger charge is -2.19. The van der Waals surface area contributed by atoms with E-state index in [9.17, 15) is 9.59 Å². The molecule has 0 aromatic heterocycles. The summed E-state index contributed by atoms with van der Waals surface area (Å²) in [6.07, 6.45) is 0. The summed E-state index contributed by atoms with van der Waals surface area (Å²) in [6.45, 7) is 4.53. The van der Waals surface area contributed by atoms with E-state index in [1.54, 1.807) is 32.0 Å². The first kappa shape index (κ1) is 14.2. The summed E-state index contributed by atoms with van der Waals surface area (Å²) >= 11 is 0. The molecule has 0 saturated heterocycles. The molecule has 1 N–H and O–H groups in total. The summed E-state index contributed by atoms with van der Waals surface area (Å²) in [4.78, 5) is 23.5. The second kappa shape index (κ2) is 6.27. The van der Waals surface area contributed by atoms with E-state index >= 15 is 0 Å². The molecule has 1 unspecified atom stereocenters. The average molecular weight is 279 g/mol. The van der Waals surface area contributed by atoms with Gasteiger partial charge in [0.15, 0.2) is 11.5 Å². The molecule has 0 bridgehead atoms. The fourth-order valence-corrected chi connectivity index (χ4v) is 1.79. The van der Waals surface area contributed by atoms with Crippen LogP contribution in [0.5, 0.6) is 11.5 Å². The zero-order chi connectivity index (χ0) is 14.5. The normalized spacial score (nSPS) is 14.3. The van der Waals surface area contributed by atoms with Crippen LogP contribution in [-0.2, 0) is 9.53 Å². The Morgan fingerprint density at radius 3 is 2.70 bits per heavy atom. The van der Waals surface area contributed by atoms with E-state index in [4.69, 9.17) is 14.2 Å². The molecule has 0 saturated carbocycles. The van der Waals surface area contributed by atoms with Gasteiger partial charge in [-0.2, -0.15) is 0 Å². The number of hydrogen-bond donors (Lipinski definition) is 1. The van der Waals surface area contributed by atoms with E-state index < -0.39 is 12.0 Å². The Morgan fingerprint density at radius 2 is 2.00 bits per heavy atom. The van der Waals surface area contributed by atoms with E-state index in [2.05, 4.69) is 5.32 Å². The molecule has 0 spiro atoms. The van der Waals surface area contributed by atoms with Gasteiger partial charge in [0, 0.05) is 5.56 Å². The molecule has 2 rings (SSSR count). The maximum absolute atomic E-state index is 12.0. The van der Waals surface area contributed by atoms with Crippen molar-refractivity contribution in [3.05, 3.63) is 23.8 Å². The fourth-order valence-electron chi connectivity index (χ4n) is 1.79. The number of carbonyl (C=O) groups is 2. The fraction of sp³-hybridized carbons (Fsp3) is 0.429. The Morgan fingerprint density at radius 1 is 1.30 bits per heavy atom. The number of fused-ring (bicyclic) bond motifs is 1. The second-order valence-corrected chi connectivity index (χ2v) is 4.31. The molecule has 0 aliphatic carbocycles. The molecule has 6 heteroatoms. The zero-order valence-electron chi connectivity index (χ0n) is 11.5. The number of nitrogens with one attached hydrogen (secondary N) is 1. The van der Waals surface area contributed by atoms with Crippen LogP contribution < -0.4 is 14.8 Å². The highest BCUT2D eigenvalue weighted by Crippen LogP contribution is 2.30. The van der Waals surface area contributed by atoms with Gasteiger partial charge in [0.05, 0.1) is 6.61 Å². The van der Waals surface area contributed by atoms with Crippen molar-refractivity contribution in [1.82, 2.24) is 5.32 Å². The molecule has 1 aliphatic rings. The van der Waals surface area contributed by atoms with E-state index in [1.807, 2.05) is 0 Å². The molecule has 1 aromatic carbocycles. The van der Waals surface area contributed by atoms with Gasteiger partial charge >= 0.3 is 5.97 Å². The van der Waals surface area contributed by atoms with E-state index in [0.29, 0.717) is 30.3 Å². The highest BCUT2D eigenvalue weighted by atomic mass is 16.6. The van der Waals surface area contributed by atoms with E-state index in [1.165, 1.54) is 0 Å². The SMILES string of the molecule is CCOC(=O)C(C)NC(=O)c1ccc2c(c1)OCCO2. The van der Waals surface area contributed by atoms with Gasteiger partial charge in [-0.3, -0.25) is 4.79 Å². The number of ether oxygens (including phenoxy) is 3. The molecule has 1 heterocycles. The van der Waals surface area contributed by atoms with Gasteiger partial charge in [-0.25, -0.2) is 4.79 Å². The van der Waals surface area contributed by atoms with Crippen molar-refractivity contribution in [2.75, 3.05) is 19.8 Å². The highest BCUT2D eigenvalue weighted by Gasteiger charge is 2.19. The first-order chi connectivity index (χ1) is 9.61. The van der Waals surface area contributed by atoms with Gasteiger partial charge in [0.25, 0.3) is 5.91 Å². The predicted octanol–water partition coefficient (Wildman–Crippen LogP) is 1.14. The van der Waals surface area contributed by atoms with Crippen LogP contribution in [0.3, 0.4) is 0 Å². The molecule has 108 valence electrons. The predicted molar refractivity (Wildman–Crippen MR) is 71.0 cm³/mol. The van der Waals surface area contributed by atoms with Gasteiger partial charge in [-0.15, -0.1) is 0 Å². The second-order valence-electron chi connectivity index (χ2n) is 4.31.